The number of carbonyl (C=O) groups is 2. The fraction of sp³-hybridized carbons (Fsp3) is 0.448. The third-order valence-corrected chi connectivity index (χ3v) is 7.82. The Bertz CT molecular complexity index is 1300. The Morgan fingerprint density at radius 3 is 2.64 bits per heavy atom. The van der Waals surface area contributed by atoms with E-state index in [1.54, 1.807) is 6.20 Å². The molecular weight excluding hydrogens is 504 g/mol. The summed E-state index contributed by atoms with van der Waals surface area (Å²) in [6.07, 6.45) is 8.17. The number of nitrogens with zero attached hydrogens (tertiary/aromatic N) is 3. The Labute approximate surface area is 226 Å². The minimum atomic E-state index is -0.813. The fourth-order valence-corrected chi connectivity index (χ4v) is 5.66. The zero-order chi connectivity index (χ0) is 27.4. The molecule has 39 heavy (non-hydrogen) atoms. The molecule has 3 heterocycles. The van der Waals surface area contributed by atoms with Gasteiger partial charge in [-0.25, -0.2) is 8.78 Å². The molecule has 5 rings (SSSR count). The minimum absolute atomic E-state index is 0.00417. The number of amides is 2. The summed E-state index contributed by atoms with van der Waals surface area (Å²) in [4.78, 5) is 33.5. The van der Waals surface area contributed by atoms with Crippen LogP contribution in [0.3, 0.4) is 0 Å². The van der Waals surface area contributed by atoms with Crippen LogP contribution in [0.25, 0.3) is 11.3 Å². The molecule has 2 N–H and O–H groups in total. The highest BCUT2D eigenvalue weighted by atomic mass is 19.1. The molecule has 8 nitrogen and oxygen atoms in total. The van der Waals surface area contributed by atoms with Crippen molar-refractivity contribution in [2.45, 2.75) is 63.6 Å². The molecule has 2 fully saturated rings. The van der Waals surface area contributed by atoms with Crippen LogP contribution >= 0.6 is 0 Å². The number of pyridine rings is 1. The Morgan fingerprint density at radius 2 is 1.90 bits per heavy atom. The maximum absolute atomic E-state index is 14.2. The van der Waals surface area contributed by atoms with Gasteiger partial charge >= 0.3 is 0 Å². The molecule has 10 heteroatoms. The SMILES string of the molecule is C[C@@H](NC(=O)[C@H]1CN(C2CCCCC2)CC[C@@H]1NC(=O)c1cc(-c2ccc(F)cc2F)on1)c1ccccn1. The predicted octanol–water partition coefficient (Wildman–Crippen LogP) is 4.65. The van der Waals surface area contributed by atoms with Gasteiger partial charge in [-0.05, 0) is 50.5 Å². The molecule has 1 aromatic carbocycles. The van der Waals surface area contributed by atoms with E-state index in [4.69, 9.17) is 4.52 Å². The van der Waals surface area contributed by atoms with Crippen molar-refractivity contribution >= 4 is 11.8 Å². The number of hydrogen-bond acceptors (Lipinski definition) is 6. The van der Waals surface area contributed by atoms with E-state index in [-0.39, 0.29) is 29.0 Å². The molecular formula is C29H33F2N5O3. The van der Waals surface area contributed by atoms with Crippen molar-refractivity contribution in [3.8, 4) is 11.3 Å². The average molecular weight is 538 g/mol. The number of nitrogens with one attached hydrogen (secondary N) is 2. The standard InChI is InChI=1S/C29H33F2N5O3/c1-18(24-9-5-6-13-32-24)33-28(37)22-17-36(20-7-3-2-4-8-20)14-12-25(22)34-29(38)26-16-27(39-35-26)21-11-10-19(30)15-23(21)31/h5-6,9-11,13,15-16,18,20,22,25H,2-4,7-8,12,14,17H2,1H3,(H,33,37)(H,34,38)/t18-,22+,25+/m1/s1. The first-order valence-electron chi connectivity index (χ1n) is 13.6. The highest BCUT2D eigenvalue weighted by Crippen LogP contribution is 2.29. The second-order valence-electron chi connectivity index (χ2n) is 10.4. The number of halogens is 2. The average Bonchev–Trinajstić information content (AvgIpc) is 3.44. The van der Waals surface area contributed by atoms with Crippen molar-refractivity contribution in [3.05, 3.63) is 71.7 Å². The van der Waals surface area contributed by atoms with E-state index in [0.717, 1.165) is 37.2 Å². The summed E-state index contributed by atoms with van der Waals surface area (Å²) in [5, 5.41) is 9.86. The minimum Gasteiger partial charge on any atom is -0.355 e. The highest BCUT2D eigenvalue weighted by molar-refractivity contribution is 5.94. The van der Waals surface area contributed by atoms with Crippen molar-refractivity contribution in [2.24, 2.45) is 5.92 Å². The Morgan fingerprint density at radius 1 is 1.08 bits per heavy atom. The van der Waals surface area contributed by atoms with Crippen LogP contribution in [0, 0.1) is 17.6 Å². The molecule has 0 unspecified atom stereocenters. The Balaban J connectivity index is 1.31. The van der Waals surface area contributed by atoms with E-state index in [1.165, 1.54) is 31.4 Å². The van der Waals surface area contributed by atoms with E-state index >= 15 is 0 Å². The Kier molecular flexibility index (Phi) is 8.30. The first kappa shape index (κ1) is 26.9. The number of hydrogen-bond donors (Lipinski definition) is 2. The maximum atomic E-state index is 14.2. The molecule has 0 spiro atoms. The van der Waals surface area contributed by atoms with E-state index in [2.05, 4.69) is 25.7 Å². The first-order valence-corrected chi connectivity index (χ1v) is 13.6. The van der Waals surface area contributed by atoms with Crippen LogP contribution in [0.1, 0.15) is 67.7 Å². The van der Waals surface area contributed by atoms with Gasteiger partial charge in [0.15, 0.2) is 11.5 Å². The van der Waals surface area contributed by atoms with Gasteiger partial charge in [0.25, 0.3) is 5.91 Å². The predicted molar refractivity (Wildman–Crippen MR) is 140 cm³/mol. The molecule has 1 saturated carbocycles. The quantitative estimate of drug-likeness (QED) is 0.455. The van der Waals surface area contributed by atoms with Gasteiger partial charge in [-0.2, -0.15) is 0 Å². The van der Waals surface area contributed by atoms with Gasteiger partial charge in [0.1, 0.15) is 11.6 Å². The van der Waals surface area contributed by atoms with E-state index < -0.39 is 29.5 Å². The molecule has 3 atom stereocenters. The van der Waals surface area contributed by atoms with Gasteiger partial charge in [0.2, 0.25) is 5.91 Å². The monoisotopic (exact) mass is 537 g/mol. The van der Waals surface area contributed by atoms with Crippen molar-refractivity contribution in [1.82, 2.24) is 25.7 Å². The zero-order valence-electron chi connectivity index (χ0n) is 21.9. The van der Waals surface area contributed by atoms with Crippen LogP contribution < -0.4 is 10.6 Å². The van der Waals surface area contributed by atoms with Crippen LogP contribution in [-0.2, 0) is 4.79 Å². The molecule has 3 aromatic rings. The van der Waals surface area contributed by atoms with Crippen molar-refractivity contribution in [3.63, 3.8) is 0 Å². The van der Waals surface area contributed by atoms with Crippen LogP contribution in [0.2, 0.25) is 0 Å². The van der Waals surface area contributed by atoms with Gasteiger partial charge in [-0.15, -0.1) is 0 Å². The largest absolute Gasteiger partial charge is 0.355 e. The van der Waals surface area contributed by atoms with Crippen LogP contribution in [0.5, 0.6) is 0 Å². The maximum Gasteiger partial charge on any atom is 0.273 e. The van der Waals surface area contributed by atoms with Gasteiger partial charge < -0.3 is 15.2 Å². The molecule has 1 aliphatic heterocycles. The van der Waals surface area contributed by atoms with Crippen LogP contribution in [0.15, 0.2) is 53.2 Å². The Hall–Kier alpha value is -3.66. The third-order valence-electron chi connectivity index (χ3n) is 7.82. The summed E-state index contributed by atoms with van der Waals surface area (Å²) in [5.74, 6) is -2.64. The van der Waals surface area contributed by atoms with Crippen LogP contribution in [-0.4, -0.2) is 52.0 Å². The van der Waals surface area contributed by atoms with Crippen molar-refractivity contribution < 1.29 is 22.9 Å². The number of piperidine rings is 1. The lowest BCUT2D eigenvalue weighted by molar-refractivity contribution is -0.128. The molecule has 2 aliphatic rings. The van der Waals surface area contributed by atoms with E-state index in [0.29, 0.717) is 19.0 Å². The summed E-state index contributed by atoms with van der Waals surface area (Å²) in [6, 6.07) is 9.71. The molecule has 1 aliphatic carbocycles. The lowest BCUT2D eigenvalue weighted by atomic mass is 9.86. The molecule has 2 amide bonds. The number of rotatable bonds is 7. The lowest BCUT2D eigenvalue weighted by Crippen LogP contribution is -2.58. The first-order chi connectivity index (χ1) is 18.9. The number of benzene rings is 1. The second kappa shape index (κ2) is 12.0. The second-order valence-corrected chi connectivity index (χ2v) is 10.4. The number of carbonyl (C=O) groups excluding carboxylic acids is 2. The van der Waals surface area contributed by atoms with Crippen molar-refractivity contribution in [2.75, 3.05) is 13.1 Å². The van der Waals surface area contributed by atoms with E-state index in [9.17, 15) is 18.4 Å². The van der Waals surface area contributed by atoms with Gasteiger partial charge in [-0.3, -0.25) is 19.5 Å². The van der Waals surface area contributed by atoms with Crippen LogP contribution in [0.4, 0.5) is 8.78 Å². The number of aromatic nitrogens is 2. The topological polar surface area (TPSA) is 100 Å². The summed E-state index contributed by atoms with van der Waals surface area (Å²) in [5.41, 5.74) is 0.725. The van der Waals surface area contributed by atoms with Gasteiger partial charge in [-0.1, -0.05) is 30.5 Å². The summed E-state index contributed by atoms with van der Waals surface area (Å²) < 4.78 is 32.7. The molecule has 2 aromatic heterocycles. The van der Waals surface area contributed by atoms with Gasteiger partial charge in [0.05, 0.1) is 23.2 Å². The third kappa shape index (κ3) is 6.33. The normalized spacial score (nSPS) is 21.3. The summed E-state index contributed by atoms with van der Waals surface area (Å²) >= 11 is 0. The summed E-state index contributed by atoms with van der Waals surface area (Å²) in [6.45, 7) is 3.21. The number of likely N-dealkylation sites (tertiary alicyclic amines) is 1. The smallest absolute Gasteiger partial charge is 0.273 e. The lowest BCUT2D eigenvalue weighted by Gasteiger charge is -2.43. The van der Waals surface area contributed by atoms with Crippen molar-refractivity contribution in [1.29, 1.82) is 0 Å². The molecule has 0 radical (unpaired) electrons. The summed E-state index contributed by atoms with van der Waals surface area (Å²) in [7, 11) is 0. The molecule has 1 saturated heterocycles. The highest BCUT2D eigenvalue weighted by Gasteiger charge is 2.38. The van der Waals surface area contributed by atoms with E-state index in [1.807, 2.05) is 25.1 Å². The van der Waals surface area contributed by atoms with Gasteiger partial charge in [0, 0.05) is 43.5 Å². The molecule has 206 valence electrons. The zero-order valence-corrected chi connectivity index (χ0v) is 21.9. The fourth-order valence-electron chi connectivity index (χ4n) is 5.66. The molecule has 0 bridgehead atoms.